The van der Waals surface area contributed by atoms with Gasteiger partial charge in [-0.15, -0.1) is 0 Å². The van der Waals surface area contributed by atoms with Gasteiger partial charge in [-0.2, -0.15) is 0 Å². The molecule has 0 N–H and O–H groups in total. The molecule has 3 heterocycles. The van der Waals surface area contributed by atoms with Gasteiger partial charge < -0.3 is 9.30 Å². The van der Waals surface area contributed by atoms with Crippen molar-refractivity contribution in [2.75, 3.05) is 6.54 Å². The minimum absolute atomic E-state index is 0.0155. The molecule has 0 bridgehead atoms. The van der Waals surface area contributed by atoms with E-state index in [0.717, 1.165) is 19.4 Å². The molecule has 0 aliphatic carbocycles. The maximum atomic E-state index is 13.2. The predicted molar refractivity (Wildman–Crippen MR) is 96.6 cm³/mol. The maximum absolute atomic E-state index is 13.2. The van der Waals surface area contributed by atoms with Crippen LogP contribution in [0.1, 0.15) is 47.3 Å². The van der Waals surface area contributed by atoms with Crippen LogP contribution in [-0.2, 0) is 0 Å². The normalized spacial score (nSPS) is 20.3. The summed E-state index contributed by atoms with van der Waals surface area (Å²) in [6, 6.07) is 8.90. The first-order valence-electron chi connectivity index (χ1n) is 8.84. The molecular weight excluding hydrogens is 312 g/mol. The number of fused-ring (bicyclic) bond motifs is 1. The Kier molecular flexibility index (Phi) is 3.99. The monoisotopic (exact) mass is 334 g/mol. The fourth-order valence-electron chi connectivity index (χ4n) is 3.95. The number of aryl methyl sites for hydroxylation is 1. The van der Waals surface area contributed by atoms with Crippen LogP contribution in [0.4, 0.5) is 0 Å². The van der Waals surface area contributed by atoms with E-state index in [1.807, 2.05) is 21.7 Å². The van der Waals surface area contributed by atoms with E-state index in [9.17, 15) is 4.79 Å². The Bertz CT molecular complexity index is 899. The molecule has 1 fully saturated rings. The fourth-order valence-corrected chi connectivity index (χ4v) is 3.95. The van der Waals surface area contributed by atoms with Gasteiger partial charge in [0.05, 0.1) is 0 Å². The molecule has 0 saturated carbocycles. The summed E-state index contributed by atoms with van der Waals surface area (Å²) in [6.45, 7) is 5.02. The largest absolute Gasteiger partial charge is 0.334 e. The quantitative estimate of drug-likeness (QED) is 0.737. The van der Waals surface area contributed by atoms with Crippen LogP contribution in [0.3, 0.4) is 0 Å². The van der Waals surface area contributed by atoms with Crippen molar-refractivity contribution in [1.82, 2.24) is 19.3 Å². The molecule has 1 aliphatic heterocycles. The minimum Gasteiger partial charge on any atom is -0.334 e. The lowest BCUT2D eigenvalue weighted by Gasteiger charge is -2.27. The van der Waals surface area contributed by atoms with Crippen LogP contribution in [-0.4, -0.2) is 37.8 Å². The van der Waals surface area contributed by atoms with Gasteiger partial charge in [-0.1, -0.05) is 36.8 Å². The first-order chi connectivity index (χ1) is 12.2. The SMILES string of the molecule is CC[C@H]1[C@@H](c2ccc(C)cc2)CCN1C(=O)c1nccn2ccnc12. The maximum Gasteiger partial charge on any atom is 0.276 e. The molecule has 0 spiro atoms. The van der Waals surface area contributed by atoms with Crippen LogP contribution in [0.25, 0.3) is 5.65 Å². The van der Waals surface area contributed by atoms with Crippen LogP contribution >= 0.6 is 0 Å². The summed E-state index contributed by atoms with van der Waals surface area (Å²) >= 11 is 0. The number of amides is 1. The Morgan fingerprint density at radius 3 is 2.60 bits per heavy atom. The summed E-state index contributed by atoms with van der Waals surface area (Å²) in [6.07, 6.45) is 8.94. The van der Waals surface area contributed by atoms with Crippen LogP contribution in [0.15, 0.2) is 49.1 Å². The summed E-state index contributed by atoms with van der Waals surface area (Å²) in [4.78, 5) is 23.8. The van der Waals surface area contributed by atoms with Gasteiger partial charge in [0, 0.05) is 43.3 Å². The lowest BCUT2D eigenvalue weighted by Crippen LogP contribution is -2.37. The zero-order valence-corrected chi connectivity index (χ0v) is 14.6. The molecule has 0 radical (unpaired) electrons. The molecule has 4 rings (SSSR count). The summed E-state index contributed by atoms with van der Waals surface area (Å²) in [5.74, 6) is 0.368. The number of rotatable bonds is 3. The predicted octanol–water partition coefficient (Wildman–Crippen LogP) is 3.45. The smallest absolute Gasteiger partial charge is 0.276 e. The molecule has 0 unspecified atom stereocenters. The van der Waals surface area contributed by atoms with E-state index in [4.69, 9.17) is 0 Å². The molecule has 2 aromatic heterocycles. The van der Waals surface area contributed by atoms with Gasteiger partial charge in [-0.3, -0.25) is 4.79 Å². The van der Waals surface area contributed by atoms with E-state index >= 15 is 0 Å². The Morgan fingerprint density at radius 1 is 1.16 bits per heavy atom. The Labute approximate surface area is 147 Å². The number of hydrogen-bond donors (Lipinski definition) is 0. The fraction of sp³-hybridized carbons (Fsp3) is 0.350. The van der Waals surface area contributed by atoms with Crippen LogP contribution < -0.4 is 0 Å². The molecule has 2 atom stereocenters. The van der Waals surface area contributed by atoms with Crippen molar-refractivity contribution in [3.05, 3.63) is 65.9 Å². The molecule has 25 heavy (non-hydrogen) atoms. The second-order valence-electron chi connectivity index (χ2n) is 6.71. The van der Waals surface area contributed by atoms with E-state index in [1.54, 1.807) is 12.4 Å². The zero-order chi connectivity index (χ0) is 17.4. The van der Waals surface area contributed by atoms with Gasteiger partial charge >= 0.3 is 0 Å². The van der Waals surface area contributed by atoms with Crippen molar-refractivity contribution < 1.29 is 4.79 Å². The third kappa shape index (κ3) is 2.69. The van der Waals surface area contributed by atoms with Crippen molar-refractivity contribution in [3.63, 3.8) is 0 Å². The number of likely N-dealkylation sites (tertiary alicyclic amines) is 1. The number of benzene rings is 1. The third-order valence-corrected chi connectivity index (χ3v) is 5.24. The highest BCUT2D eigenvalue weighted by Gasteiger charge is 2.38. The van der Waals surface area contributed by atoms with Gasteiger partial charge in [0.2, 0.25) is 0 Å². The number of carbonyl (C=O) groups excluding carboxylic acids is 1. The molecule has 128 valence electrons. The van der Waals surface area contributed by atoms with E-state index < -0.39 is 0 Å². The van der Waals surface area contributed by atoms with E-state index in [0.29, 0.717) is 17.3 Å². The number of aromatic nitrogens is 3. The molecule has 5 heteroatoms. The average molecular weight is 334 g/mol. The first-order valence-corrected chi connectivity index (χ1v) is 8.84. The molecular formula is C20H22N4O. The Morgan fingerprint density at radius 2 is 1.88 bits per heavy atom. The summed E-state index contributed by atoms with van der Waals surface area (Å²) in [5.41, 5.74) is 3.65. The van der Waals surface area contributed by atoms with Crippen LogP contribution in [0.5, 0.6) is 0 Å². The molecule has 1 amide bonds. The number of nitrogens with zero attached hydrogens (tertiary/aromatic N) is 4. The summed E-state index contributed by atoms with van der Waals surface area (Å²) in [5, 5.41) is 0. The van der Waals surface area contributed by atoms with Crippen LogP contribution in [0, 0.1) is 6.92 Å². The van der Waals surface area contributed by atoms with E-state index in [-0.39, 0.29) is 11.9 Å². The Balaban J connectivity index is 1.65. The second kappa shape index (κ2) is 6.31. The van der Waals surface area contributed by atoms with E-state index in [2.05, 4.69) is 48.1 Å². The molecule has 3 aromatic rings. The van der Waals surface area contributed by atoms with Gasteiger partial charge in [-0.25, -0.2) is 9.97 Å². The topological polar surface area (TPSA) is 50.5 Å². The second-order valence-corrected chi connectivity index (χ2v) is 6.71. The summed E-state index contributed by atoms with van der Waals surface area (Å²) < 4.78 is 1.84. The number of carbonyl (C=O) groups is 1. The standard InChI is InChI=1S/C20H22N4O/c1-3-17-16(15-6-4-14(2)5-7-15)8-11-24(17)20(25)18-19-22-10-13-23(19)12-9-21-18/h4-7,9-10,12-13,16-17H,3,8,11H2,1-2H3/t16-,17+/m1/s1. The third-order valence-electron chi connectivity index (χ3n) is 5.24. The minimum atomic E-state index is -0.0155. The van der Waals surface area contributed by atoms with Crippen molar-refractivity contribution >= 4 is 11.6 Å². The van der Waals surface area contributed by atoms with Crippen molar-refractivity contribution in [3.8, 4) is 0 Å². The summed E-state index contributed by atoms with van der Waals surface area (Å²) in [7, 11) is 0. The van der Waals surface area contributed by atoms with Crippen molar-refractivity contribution in [1.29, 1.82) is 0 Å². The molecule has 1 aliphatic rings. The number of hydrogen-bond acceptors (Lipinski definition) is 3. The molecule has 5 nitrogen and oxygen atoms in total. The lowest BCUT2D eigenvalue weighted by molar-refractivity contribution is 0.0722. The highest BCUT2D eigenvalue weighted by Crippen LogP contribution is 2.36. The Hall–Kier alpha value is -2.69. The molecule has 1 saturated heterocycles. The van der Waals surface area contributed by atoms with Crippen LogP contribution in [0.2, 0.25) is 0 Å². The first kappa shape index (κ1) is 15.8. The number of imidazole rings is 1. The molecule has 1 aromatic carbocycles. The van der Waals surface area contributed by atoms with Crippen molar-refractivity contribution in [2.24, 2.45) is 0 Å². The lowest BCUT2D eigenvalue weighted by atomic mass is 9.90. The highest BCUT2D eigenvalue weighted by atomic mass is 16.2. The van der Waals surface area contributed by atoms with Crippen molar-refractivity contribution in [2.45, 2.75) is 38.6 Å². The highest BCUT2D eigenvalue weighted by molar-refractivity contribution is 5.98. The van der Waals surface area contributed by atoms with Gasteiger partial charge in [0.1, 0.15) is 0 Å². The van der Waals surface area contributed by atoms with Gasteiger partial charge in [0.25, 0.3) is 5.91 Å². The zero-order valence-electron chi connectivity index (χ0n) is 14.6. The average Bonchev–Trinajstić information content (AvgIpc) is 3.28. The van der Waals surface area contributed by atoms with Gasteiger partial charge in [-0.05, 0) is 25.3 Å². The van der Waals surface area contributed by atoms with Gasteiger partial charge in [0.15, 0.2) is 11.3 Å². The van der Waals surface area contributed by atoms with E-state index in [1.165, 1.54) is 11.1 Å².